The summed E-state index contributed by atoms with van der Waals surface area (Å²) in [4.78, 5) is 1.43. The van der Waals surface area contributed by atoms with Gasteiger partial charge in [-0.25, -0.2) is 0 Å². The van der Waals surface area contributed by atoms with Crippen molar-refractivity contribution in [3.05, 3.63) is 77.9 Å². The molecule has 1 aliphatic rings. The summed E-state index contributed by atoms with van der Waals surface area (Å²) >= 11 is 0. The van der Waals surface area contributed by atoms with Crippen LogP contribution < -0.4 is 14.4 Å². The first-order valence-corrected chi connectivity index (χ1v) is 11.9. The molecule has 3 nitrogen and oxygen atoms in total. The molecular weight excluding hydrogens is 560 g/mol. The second kappa shape index (κ2) is 11.1. The van der Waals surface area contributed by atoms with Gasteiger partial charge in [0.15, 0.2) is 0 Å². The number of halogens is 10. The van der Waals surface area contributed by atoms with Gasteiger partial charge in [0, 0.05) is 12.2 Å². The molecule has 0 bridgehead atoms. The Labute approximate surface area is 221 Å². The fourth-order valence-corrected chi connectivity index (χ4v) is 4.70. The molecule has 0 unspecified atom stereocenters. The quantitative estimate of drug-likeness (QED) is 0.248. The van der Waals surface area contributed by atoms with E-state index in [4.69, 9.17) is 0 Å². The van der Waals surface area contributed by atoms with Crippen molar-refractivity contribution in [3.63, 3.8) is 0 Å². The molecule has 0 saturated carbocycles. The highest BCUT2D eigenvalue weighted by Gasteiger charge is 2.44. The standard InChI is InChI=1S/C27H21F10NO2/c28-24(29)26(33,34)39-18-6-2-5-17(15-18)22-11-10-21-20(16-4-1-7-19(14-16)40-27(35,36)37)8-3-9-23(21)38(22)13-12-25(30,31)32/h1-9,14-15,22,24H,10-13H2/t22-/m0/s1. The van der Waals surface area contributed by atoms with Gasteiger partial charge in [-0.2, -0.15) is 30.7 Å². The van der Waals surface area contributed by atoms with Gasteiger partial charge in [0.2, 0.25) is 0 Å². The monoisotopic (exact) mass is 581 g/mol. The molecular formula is C27H21F10NO2. The first-order chi connectivity index (χ1) is 18.6. The Kier molecular flexibility index (Phi) is 8.13. The number of hydrogen-bond donors (Lipinski definition) is 0. The average molecular weight is 581 g/mol. The Morgan fingerprint density at radius 3 is 2.10 bits per heavy atom. The van der Waals surface area contributed by atoms with E-state index in [1.807, 2.05) is 0 Å². The molecule has 1 atom stereocenters. The summed E-state index contributed by atoms with van der Waals surface area (Å²) in [5, 5.41) is 0. The van der Waals surface area contributed by atoms with Gasteiger partial charge >= 0.3 is 25.1 Å². The summed E-state index contributed by atoms with van der Waals surface area (Å²) in [5.41, 5.74) is 2.03. The molecule has 4 rings (SSSR count). The van der Waals surface area contributed by atoms with E-state index >= 15 is 0 Å². The topological polar surface area (TPSA) is 21.7 Å². The maximum absolute atomic E-state index is 13.5. The number of alkyl halides is 10. The summed E-state index contributed by atoms with van der Waals surface area (Å²) in [5.74, 6) is -1.05. The zero-order chi connectivity index (χ0) is 29.3. The lowest BCUT2D eigenvalue weighted by atomic mass is 9.86. The summed E-state index contributed by atoms with van der Waals surface area (Å²) in [7, 11) is 0. The summed E-state index contributed by atoms with van der Waals surface area (Å²) in [6.07, 6.45) is -19.1. The summed E-state index contributed by atoms with van der Waals surface area (Å²) in [6, 6.07) is 14.0. The van der Waals surface area contributed by atoms with E-state index in [0.717, 1.165) is 18.2 Å². The smallest absolute Gasteiger partial charge is 0.428 e. The fourth-order valence-electron chi connectivity index (χ4n) is 4.70. The van der Waals surface area contributed by atoms with Crippen LogP contribution >= 0.6 is 0 Å². The maximum Gasteiger partial charge on any atom is 0.573 e. The Hall–Kier alpha value is -3.64. The molecule has 0 N–H and O–H groups in total. The third kappa shape index (κ3) is 7.11. The average Bonchev–Trinajstić information content (AvgIpc) is 2.85. The van der Waals surface area contributed by atoms with E-state index in [1.54, 1.807) is 12.1 Å². The molecule has 1 heterocycles. The second-order valence-electron chi connectivity index (χ2n) is 9.03. The fraction of sp³-hybridized carbons (Fsp3) is 0.333. The van der Waals surface area contributed by atoms with Gasteiger partial charge in [-0.05, 0) is 65.4 Å². The molecule has 0 spiro atoms. The van der Waals surface area contributed by atoms with Crippen LogP contribution in [0.15, 0.2) is 66.7 Å². The molecule has 216 valence electrons. The molecule has 0 aliphatic carbocycles. The van der Waals surface area contributed by atoms with E-state index in [0.29, 0.717) is 22.4 Å². The van der Waals surface area contributed by atoms with E-state index in [9.17, 15) is 43.9 Å². The molecule has 0 radical (unpaired) electrons. The number of benzene rings is 3. The number of hydrogen-bond acceptors (Lipinski definition) is 3. The van der Waals surface area contributed by atoms with Gasteiger partial charge in [0.1, 0.15) is 11.5 Å². The highest BCUT2D eigenvalue weighted by Crippen LogP contribution is 2.44. The molecule has 3 aromatic carbocycles. The summed E-state index contributed by atoms with van der Waals surface area (Å²) in [6.45, 7) is -0.528. The molecule has 40 heavy (non-hydrogen) atoms. The van der Waals surface area contributed by atoms with Crippen LogP contribution in [0.5, 0.6) is 11.5 Å². The van der Waals surface area contributed by atoms with Gasteiger partial charge < -0.3 is 14.4 Å². The lowest BCUT2D eigenvalue weighted by Crippen LogP contribution is -2.36. The molecule has 1 aliphatic heterocycles. The number of ether oxygens (including phenoxy) is 2. The Morgan fingerprint density at radius 1 is 0.800 bits per heavy atom. The molecule has 0 aromatic heterocycles. The highest BCUT2D eigenvalue weighted by atomic mass is 19.4. The van der Waals surface area contributed by atoms with Gasteiger partial charge in [-0.1, -0.05) is 36.4 Å². The predicted molar refractivity (Wildman–Crippen MR) is 126 cm³/mol. The number of fused-ring (bicyclic) bond motifs is 1. The number of nitrogens with zero attached hydrogens (tertiary/aromatic N) is 1. The van der Waals surface area contributed by atoms with Crippen LogP contribution in [0.4, 0.5) is 49.6 Å². The third-order valence-corrected chi connectivity index (χ3v) is 6.27. The van der Waals surface area contributed by atoms with Crippen molar-refractivity contribution in [1.82, 2.24) is 0 Å². The predicted octanol–water partition coefficient (Wildman–Crippen LogP) is 8.94. The normalized spacial score (nSPS) is 16.2. The third-order valence-electron chi connectivity index (χ3n) is 6.27. The van der Waals surface area contributed by atoms with E-state index in [2.05, 4.69) is 9.47 Å². The van der Waals surface area contributed by atoms with Gasteiger partial charge in [-0.15, -0.1) is 13.2 Å². The lowest BCUT2D eigenvalue weighted by molar-refractivity contribution is -0.274. The minimum absolute atomic E-state index is 0.190. The Bertz CT molecular complexity index is 1320. The van der Waals surface area contributed by atoms with Crippen LogP contribution in [0.1, 0.15) is 30.0 Å². The lowest BCUT2D eigenvalue weighted by Gasteiger charge is -2.40. The van der Waals surface area contributed by atoms with Crippen LogP contribution in [0.25, 0.3) is 11.1 Å². The van der Waals surface area contributed by atoms with Crippen molar-refractivity contribution < 1.29 is 53.4 Å². The largest absolute Gasteiger partial charge is 0.573 e. The van der Waals surface area contributed by atoms with Gasteiger partial charge in [-0.3, -0.25) is 0 Å². The molecule has 3 aromatic rings. The molecule has 13 heteroatoms. The van der Waals surface area contributed by atoms with Crippen molar-refractivity contribution in [1.29, 1.82) is 0 Å². The number of anilines is 1. The van der Waals surface area contributed by atoms with Crippen molar-refractivity contribution in [2.75, 3.05) is 11.4 Å². The van der Waals surface area contributed by atoms with Crippen molar-refractivity contribution in [2.45, 2.75) is 50.4 Å². The highest BCUT2D eigenvalue weighted by molar-refractivity contribution is 5.76. The van der Waals surface area contributed by atoms with Crippen molar-refractivity contribution >= 4 is 5.69 Å². The van der Waals surface area contributed by atoms with Crippen LogP contribution in [-0.4, -0.2) is 31.6 Å². The minimum atomic E-state index is -4.92. The van der Waals surface area contributed by atoms with Crippen LogP contribution in [0.2, 0.25) is 0 Å². The van der Waals surface area contributed by atoms with Crippen molar-refractivity contribution in [2.24, 2.45) is 0 Å². The summed E-state index contributed by atoms with van der Waals surface area (Å²) < 4.78 is 138. The van der Waals surface area contributed by atoms with E-state index in [-0.39, 0.29) is 18.4 Å². The van der Waals surface area contributed by atoms with Crippen molar-refractivity contribution in [3.8, 4) is 22.6 Å². The molecule has 0 fully saturated rings. The first kappa shape index (κ1) is 29.3. The van der Waals surface area contributed by atoms with E-state index in [1.165, 1.54) is 41.3 Å². The molecule has 0 amide bonds. The first-order valence-electron chi connectivity index (χ1n) is 11.9. The maximum atomic E-state index is 13.5. The van der Waals surface area contributed by atoms with Crippen LogP contribution in [0.3, 0.4) is 0 Å². The Morgan fingerprint density at radius 2 is 1.45 bits per heavy atom. The second-order valence-corrected chi connectivity index (χ2v) is 9.03. The SMILES string of the molecule is FC(F)C(F)(F)Oc1cccc([C@@H]2CCc3c(-c4cccc(OC(F)(F)F)c4)cccc3N2CCC(F)(F)F)c1. The van der Waals surface area contributed by atoms with Gasteiger partial charge in [0.25, 0.3) is 0 Å². The van der Waals surface area contributed by atoms with Crippen LogP contribution in [0, 0.1) is 0 Å². The van der Waals surface area contributed by atoms with Crippen LogP contribution in [-0.2, 0) is 6.42 Å². The minimum Gasteiger partial charge on any atom is -0.428 e. The van der Waals surface area contributed by atoms with Gasteiger partial charge in [0.05, 0.1) is 12.5 Å². The zero-order valence-electron chi connectivity index (χ0n) is 20.4. The Balaban J connectivity index is 1.73. The van der Waals surface area contributed by atoms with E-state index < -0.39 is 55.6 Å². The number of rotatable bonds is 8. The molecule has 0 saturated heterocycles. The zero-order valence-corrected chi connectivity index (χ0v) is 20.4.